The van der Waals surface area contributed by atoms with E-state index < -0.39 is 0 Å². The maximum atomic E-state index is 13.2. The van der Waals surface area contributed by atoms with E-state index in [1.54, 1.807) is 23.1 Å². The number of benzene rings is 1. The van der Waals surface area contributed by atoms with Gasteiger partial charge in [-0.25, -0.2) is 9.37 Å². The van der Waals surface area contributed by atoms with Crippen molar-refractivity contribution in [1.82, 2.24) is 19.7 Å². The van der Waals surface area contributed by atoms with Gasteiger partial charge in [-0.2, -0.15) is 10.1 Å². The molecule has 128 valence electrons. The molecular formula is C17H18FN7. The van der Waals surface area contributed by atoms with Crippen LogP contribution in [0.25, 0.3) is 0 Å². The first-order chi connectivity index (χ1) is 12.1. The smallest absolute Gasteiger partial charge is 0.229 e. The number of nitrogens with zero attached hydrogens (tertiary/aromatic N) is 4. The molecule has 8 heteroatoms. The number of anilines is 3. The summed E-state index contributed by atoms with van der Waals surface area (Å²) in [5.41, 5.74) is 2.25. The average Bonchev–Trinajstić information content (AvgIpc) is 3.00. The second kappa shape index (κ2) is 7.52. The highest BCUT2D eigenvalue weighted by molar-refractivity contribution is 5.84. The Bertz CT molecular complexity index is 875. The third-order valence-corrected chi connectivity index (χ3v) is 3.53. The van der Waals surface area contributed by atoms with E-state index in [4.69, 9.17) is 5.41 Å². The van der Waals surface area contributed by atoms with Crippen LogP contribution >= 0.6 is 0 Å². The maximum absolute atomic E-state index is 13.2. The highest BCUT2D eigenvalue weighted by Crippen LogP contribution is 2.16. The molecule has 2 aromatic heterocycles. The fraction of sp³-hybridized carbons (Fsp3) is 0.176. The Morgan fingerprint density at radius 1 is 1.32 bits per heavy atom. The topological polar surface area (TPSA) is 91.5 Å². The monoisotopic (exact) mass is 339 g/mol. The van der Waals surface area contributed by atoms with Crippen molar-refractivity contribution in [1.29, 1.82) is 5.41 Å². The van der Waals surface area contributed by atoms with Crippen LogP contribution in [0.15, 0.2) is 42.9 Å². The van der Waals surface area contributed by atoms with Crippen LogP contribution in [0.1, 0.15) is 11.1 Å². The highest BCUT2D eigenvalue weighted by Gasteiger charge is 2.07. The second-order valence-electron chi connectivity index (χ2n) is 5.48. The van der Waals surface area contributed by atoms with E-state index in [0.717, 1.165) is 11.3 Å². The lowest BCUT2D eigenvalue weighted by Gasteiger charge is -2.10. The first-order valence-corrected chi connectivity index (χ1v) is 7.75. The van der Waals surface area contributed by atoms with E-state index in [9.17, 15) is 4.39 Å². The van der Waals surface area contributed by atoms with Crippen LogP contribution in [0, 0.1) is 11.2 Å². The molecule has 0 saturated carbocycles. The Balaban J connectivity index is 1.68. The molecule has 25 heavy (non-hydrogen) atoms. The van der Waals surface area contributed by atoms with E-state index in [-0.39, 0.29) is 5.82 Å². The van der Waals surface area contributed by atoms with Gasteiger partial charge in [-0.3, -0.25) is 4.68 Å². The molecule has 0 aliphatic heterocycles. The van der Waals surface area contributed by atoms with Gasteiger partial charge in [0.2, 0.25) is 5.95 Å². The molecule has 0 radical (unpaired) electrons. The molecule has 0 unspecified atom stereocenters. The molecule has 0 spiro atoms. The molecule has 0 amide bonds. The van der Waals surface area contributed by atoms with Gasteiger partial charge in [-0.15, -0.1) is 0 Å². The van der Waals surface area contributed by atoms with Crippen molar-refractivity contribution >= 4 is 23.7 Å². The zero-order valence-corrected chi connectivity index (χ0v) is 13.7. The predicted octanol–water partition coefficient (Wildman–Crippen LogP) is 2.75. The SMILES string of the molecule is Cn1cc(Nc2ncc(C=N)c(NCCc3cccc(F)c3)n2)cn1. The van der Waals surface area contributed by atoms with Gasteiger partial charge in [0.15, 0.2) is 0 Å². The normalized spacial score (nSPS) is 10.5. The van der Waals surface area contributed by atoms with Gasteiger partial charge in [0.05, 0.1) is 17.4 Å². The van der Waals surface area contributed by atoms with Crippen molar-refractivity contribution in [3.05, 3.63) is 59.8 Å². The summed E-state index contributed by atoms with van der Waals surface area (Å²) in [6.45, 7) is 0.563. The number of hydrogen-bond acceptors (Lipinski definition) is 6. The summed E-state index contributed by atoms with van der Waals surface area (Å²) < 4.78 is 14.9. The van der Waals surface area contributed by atoms with Gasteiger partial charge in [0.1, 0.15) is 11.6 Å². The van der Waals surface area contributed by atoms with Crippen LogP contribution in [0.3, 0.4) is 0 Å². The number of aryl methyl sites for hydroxylation is 1. The Morgan fingerprint density at radius 3 is 2.92 bits per heavy atom. The standard InChI is InChI=1S/C17H18FN7/c1-25-11-15(10-22-25)23-17-21-9-13(8-19)16(24-17)20-6-5-12-3-2-4-14(18)7-12/h2-4,7-11,19H,5-6H2,1H3,(H2,20,21,23,24). The van der Waals surface area contributed by atoms with Gasteiger partial charge in [0, 0.05) is 32.2 Å². The van der Waals surface area contributed by atoms with Crippen molar-refractivity contribution in [2.75, 3.05) is 17.2 Å². The van der Waals surface area contributed by atoms with Crippen LogP contribution in [-0.4, -0.2) is 32.5 Å². The molecule has 1 aromatic carbocycles. The van der Waals surface area contributed by atoms with Gasteiger partial charge < -0.3 is 16.0 Å². The molecule has 0 aliphatic carbocycles. The van der Waals surface area contributed by atoms with E-state index >= 15 is 0 Å². The molecule has 3 N–H and O–H groups in total. The van der Waals surface area contributed by atoms with Gasteiger partial charge in [-0.1, -0.05) is 12.1 Å². The highest BCUT2D eigenvalue weighted by atomic mass is 19.1. The molecule has 2 heterocycles. The third kappa shape index (κ3) is 4.37. The largest absolute Gasteiger partial charge is 0.369 e. The minimum atomic E-state index is -0.248. The minimum Gasteiger partial charge on any atom is -0.369 e. The lowest BCUT2D eigenvalue weighted by atomic mass is 10.1. The minimum absolute atomic E-state index is 0.248. The fourth-order valence-electron chi connectivity index (χ4n) is 2.33. The molecule has 7 nitrogen and oxygen atoms in total. The Kier molecular flexibility index (Phi) is 4.98. The number of aromatic nitrogens is 4. The Hall–Kier alpha value is -3.29. The molecule has 0 saturated heterocycles. The number of hydrogen-bond donors (Lipinski definition) is 3. The van der Waals surface area contributed by atoms with Crippen LogP contribution in [0.5, 0.6) is 0 Å². The lowest BCUT2D eigenvalue weighted by Crippen LogP contribution is -2.10. The van der Waals surface area contributed by atoms with Crippen molar-refractivity contribution in [3.63, 3.8) is 0 Å². The van der Waals surface area contributed by atoms with Crippen LogP contribution in [-0.2, 0) is 13.5 Å². The molecule has 0 bridgehead atoms. The maximum Gasteiger partial charge on any atom is 0.229 e. The summed E-state index contributed by atoms with van der Waals surface area (Å²) in [5.74, 6) is 0.710. The molecule has 0 atom stereocenters. The van der Waals surface area contributed by atoms with Crippen LogP contribution in [0.4, 0.5) is 21.8 Å². The van der Waals surface area contributed by atoms with Crippen LogP contribution in [0.2, 0.25) is 0 Å². The summed E-state index contributed by atoms with van der Waals surface area (Å²) in [7, 11) is 1.82. The Morgan fingerprint density at radius 2 is 2.20 bits per heavy atom. The zero-order valence-electron chi connectivity index (χ0n) is 13.7. The summed E-state index contributed by atoms with van der Waals surface area (Å²) in [6, 6.07) is 6.49. The predicted molar refractivity (Wildman–Crippen MR) is 95.0 cm³/mol. The van der Waals surface area contributed by atoms with Gasteiger partial charge in [-0.05, 0) is 24.1 Å². The van der Waals surface area contributed by atoms with E-state index in [1.165, 1.54) is 18.3 Å². The summed E-state index contributed by atoms with van der Waals surface area (Å²) in [4.78, 5) is 8.59. The molecule has 0 fully saturated rings. The number of nitrogens with one attached hydrogen (secondary N) is 3. The first-order valence-electron chi connectivity index (χ1n) is 7.75. The van der Waals surface area contributed by atoms with Crippen molar-refractivity contribution in [2.24, 2.45) is 7.05 Å². The third-order valence-electron chi connectivity index (χ3n) is 3.53. The van der Waals surface area contributed by atoms with Crippen molar-refractivity contribution in [3.8, 4) is 0 Å². The van der Waals surface area contributed by atoms with Crippen molar-refractivity contribution < 1.29 is 4.39 Å². The quantitative estimate of drug-likeness (QED) is 0.576. The number of halogens is 1. The molecular weight excluding hydrogens is 321 g/mol. The van der Waals surface area contributed by atoms with Crippen LogP contribution < -0.4 is 10.6 Å². The fourth-order valence-corrected chi connectivity index (χ4v) is 2.33. The molecule has 3 aromatic rings. The van der Waals surface area contributed by atoms with Crippen molar-refractivity contribution in [2.45, 2.75) is 6.42 Å². The summed E-state index contributed by atoms with van der Waals surface area (Å²) >= 11 is 0. The lowest BCUT2D eigenvalue weighted by molar-refractivity contribution is 0.625. The van der Waals surface area contributed by atoms with E-state index in [2.05, 4.69) is 25.7 Å². The van der Waals surface area contributed by atoms with E-state index in [0.29, 0.717) is 30.3 Å². The molecule has 0 aliphatic rings. The summed E-state index contributed by atoms with van der Waals surface area (Å²) in [5, 5.41) is 17.8. The molecule has 3 rings (SSSR count). The zero-order chi connectivity index (χ0) is 17.6. The second-order valence-corrected chi connectivity index (χ2v) is 5.48. The van der Waals surface area contributed by atoms with Gasteiger partial charge >= 0.3 is 0 Å². The van der Waals surface area contributed by atoms with E-state index in [1.807, 2.05) is 19.3 Å². The van der Waals surface area contributed by atoms with Gasteiger partial charge in [0.25, 0.3) is 0 Å². The Labute approximate surface area is 144 Å². The first kappa shape index (κ1) is 16.6. The summed E-state index contributed by atoms with van der Waals surface area (Å²) in [6.07, 6.45) is 6.89. The average molecular weight is 339 g/mol. The number of rotatable bonds is 7.